The largest absolute Gasteiger partial charge is 1.00 e. The molecule has 0 aliphatic carbocycles. The molecule has 0 amide bonds. The summed E-state index contributed by atoms with van der Waals surface area (Å²) in [6.45, 7) is 21.6. The predicted octanol–water partition coefficient (Wildman–Crippen LogP) is 10.9. The molecule has 510 valence electrons. The average molecular weight is 1490 g/mol. The molecule has 5 heterocycles. The van der Waals surface area contributed by atoms with Crippen LogP contribution >= 0.6 is 44.3 Å². The second kappa shape index (κ2) is 40.3. The zero-order valence-corrected chi connectivity index (χ0v) is 60.0. The topological polar surface area (TPSA) is 201 Å². The number of nitrogen functional groups attached to an aromatic ring is 2. The van der Waals surface area contributed by atoms with Crippen molar-refractivity contribution >= 4 is 78.6 Å². The number of aryl methyl sites for hydroxylation is 4. The van der Waals surface area contributed by atoms with Gasteiger partial charge < -0.3 is 70.7 Å². The van der Waals surface area contributed by atoms with Crippen LogP contribution in [0.1, 0.15) is 71.7 Å². The number of hydrogen-bond acceptors (Lipinski definition) is 13. The van der Waals surface area contributed by atoms with Crippen LogP contribution in [0.5, 0.6) is 0 Å². The first kappa shape index (κ1) is 87.7. The molecule has 0 spiro atoms. The number of nitrogens with one attached hydrogen (secondary N) is 1. The molecule has 0 bridgehead atoms. The predicted molar refractivity (Wildman–Crippen MR) is 343 cm³/mol. The summed E-state index contributed by atoms with van der Waals surface area (Å²) >= 11 is 6.05. The van der Waals surface area contributed by atoms with E-state index in [1.165, 1.54) is 51.2 Å². The number of rotatable bonds is 7. The number of nitrogens with zero attached hydrogens (tertiary/aromatic N) is 7. The van der Waals surface area contributed by atoms with Crippen LogP contribution in [0.15, 0.2) is 106 Å². The van der Waals surface area contributed by atoms with E-state index in [9.17, 15) is 62.3 Å². The Kier molecular flexibility index (Phi) is 38.5. The van der Waals surface area contributed by atoms with Gasteiger partial charge in [-0.05, 0) is 160 Å². The number of Topliss-reactive ketones (excluding diaryl/α,β-unsaturated/α-hetero) is 2. The molecular formula is C61H81Br2ClF12KN11O4. The van der Waals surface area contributed by atoms with Crippen molar-refractivity contribution in [2.45, 2.75) is 79.1 Å². The molecule has 6 aromatic rings. The maximum Gasteiger partial charge on any atom is 1.00 e. The van der Waals surface area contributed by atoms with Gasteiger partial charge in [0, 0.05) is 157 Å². The van der Waals surface area contributed by atoms with Crippen molar-refractivity contribution in [2.75, 3.05) is 121 Å². The Morgan fingerprint density at radius 2 is 0.717 bits per heavy atom. The fourth-order valence-electron chi connectivity index (χ4n) is 9.10. The minimum absolute atomic E-state index is 0. The van der Waals surface area contributed by atoms with E-state index in [1.54, 1.807) is 16.7 Å². The maximum atomic E-state index is 13.4. The average Bonchev–Trinajstić information content (AvgIpc) is 1.41. The van der Waals surface area contributed by atoms with E-state index < -0.39 is 47.0 Å². The first-order chi connectivity index (χ1) is 41.3. The van der Waals surface area contributed by atoms with Gasteiger partial charge in [-0.25, -0.2) is 5.90 Å². The number of nitrogens with two attached hydrogens (primary N) is 3. The summed E-state index contributed by atoms with van der Waals surface area (Å²) in [6.07, 6.45) is -16.6. The maximum absolute atomic E-state index is 13.4. The van der Waals surface area contributed by atoms with Gasteiger partial charge in [-0.1, -0.05) is 31.9 Å². The van der Waals surface area contributed by atoms with Crippen molar-refractivity contribution in [3.8, 4) is 11.4 Å². The zero-order valence-electron chi connectivity index (χ0n) is 52.9. The normalized spacial score (nSPS) is 14.5. The molecule has 2 aromatic heterocycles. The van der Waals surface area contributed by atoms with Crippen LogP contribution in [-0.2, 0) is 34.3 Å². The van der Waals surface area contributed by atoms with Crippen LogP contribution in [0.2, 0.25) is 0 Å². The monoisotopic (exact) mass is 1490 g/mol. The number of likely N-dealkylation sites (N-methyl/N-ethyl adjacent to an activating group) is 3. The molecule has 0 radical (unpaired) electrons. The van der Waals surface area contributed by atoms with E-state index >= 15 is 0 Å². The molecule has 3 fully saturated rings. The Morgan fingerprint density at radius 1 is 0.446 bits per heavy atom. The molecule has 15 nitrogen and oxygen atoms in total. The summed E-state index contributed by atoms with van der Waals surface area (Å²) < 4.78 is 157. The van der Waals surface area contributed by atoms with Gasteiger partial charge in [-0.2, -0.15) is 52.7 Å². The molecule has 4 aromatic carbocycles. The quantitative estimate of drug-likeness (QED) is 0.0438. The molecule has 31 heteroatoms. The Morgan fingerprint density at radius 3 is 1.03 bits per heavy atom. The summed E-state index contributed by atoms with van der Waals surface area (Å²) in [5.74, 6) is 3.67. The first-order valence-corrected chi connectivity index (χ1v) is 29.4. The third-order valence-electron chi connectivity index (χ3n) is 13.9. The summed E-state index contributed by atoms with van der Waals surface area (Å²) in [5.41, 5.74) is 14.3. The number of halogens is 15. The minimum atomic E-state index is -4.35. The molecule has 3 aliphatic heterocycles. The minimum Gasteiger partial charge on any atom is -0.870 e. The van der Waals surface area contributed by atoms with Gasteiger partial charge in [0.05, 0.1) is 22.3 Å². The van der Waals surface area contributed by atoms with Crippen molar-refractivity contribution < 1.29 is 124 Å². The number of hydrogen-bond donors (Lipinski definition) is 5. The van der Waals surface area contributed by atoms with E-state index in [0.29, 0.717) is 44.5 Å². The van der Waals surface area contributed by atoms with Crippen molar-refractivity contribution in [2.24, 2.45) is 5.90 Å². The molecule has 92 heavy (non-hydrogen) atoms. The van der Waals surface area contributed by atoms with Crippen LogP contribution in [0.25, 0.3) is 11.4 Å². The molecule has 0 saturated carbocycles. The van der Waals surface area contributed by atoms with Crippen LogP contribution in [0.4, 0.5) is 75.4 Å². The molecule has 3 aliphatic rings. The number of piperazine rings is 3. The molecule has 0 atom stereocenters. The van der Waals surface area contributed by atoms with Gasteiger partial charge in [-0.15, -0.1) is 12.4 Å². The second-order valence-electron chi connectivity index (χ2n) is 21.5. The zero-order chi connectivity index (χ0) is 67.4. The Balaban J connectivity index is 0.00000111. The Hall–Kier alpha value is -4.25. The number of carbonyl (C=O) groups excluding carboxylic acids is 2. The van der Waals surface area contributed by atoms with Crippen LogP contribution < -0.4 is 83.9 Å². The molecule has 3 saturated heterocycles. The van der Waals surface area contributed by atoms with Crippen molar-refractivity contribution in [1.82, 2.24) is 29.2 Å². The number of ketones is 2. The van der Waals surface area contributed by atoms with Gasteiger partial charge >= 0.3 is 76.1 Å². The Bertz CT molecular complexity index is 3130. The fourth-order valence-corrected chi connectivity index (χ4v) is 10.1. The van der Waals surface area contributed by atoms with Crippen molar-refractivity contribution in [3.63, 3.8) is 0 Å². The summed E-state index contributed by atoms with van der Waals surface area (Å²) in [6, 6.07) is 22.9. The summed E-state index contributed by atoms with van der Waals surface area (Å²) in [7, 11) is 6.18. The molecule has 9 N–H and O–H groups in total. The number of carbonyl (C=O) groups is 2. The molecular weight excluding hydrogens is 1410 g/mol. The first-order valence-electron chi connectivity index (χ1n) is 27.8. The van der Waals surface area contributed by atoms with Crippen molar-refractivity contribution in [3.05, 3.63) is 151 Å². The molecule has 0 unspecified atom stereocenters. The van der Waals surface area contributed by atoms with Crippen LogP contribution in [0.3, 0.4) is 0 Å². The van der Waals surface area contributed by atoms with Crippen LogP contribution in [-0.4, -0.2) is 146 Å². The number of anilines is 4. The number of benzene rings is 4. The van der Waals surface area contributed by atoms with E-state index in [2.05, 4.69) is 64.8 Å². The third kappa shape index (κ3) is 30.2. The van der Waals surface area contributed by atoms with E-state index in [4.69, 9.17) is 16.7 Å². The van der Waals surface area contributed by atoms with Gasteiger partial charge in [-0.3, -0.25) is 0 Å². The van der Waals surface area contributed by atoms with Gasteiger partial charge in [0.25, 0.3) is 0 Å². The van der Waals surface area contributed by atoms with Crippen molar-refractivity contribution in [1.29, 1.82) is 0 Å². The Labute approximate surface area is 595 Å². The smallest absolute Gasteiger partial charge is 0.870 e. The second-order valence-corrected chi connectivity index (χ2v) is 23.3. The van der Waals surface area contributed by atoms with E-state index in [1.807, 2.05) is 86.5 Å². The summed E-state index contributed by atoms with van der Waals surface area (Å²) in [4.78, 5) is 31.0. The summed E-state index contributed by atoms with van der Waals surface area (Å²) in [5, 5.41) is 9.77. The van der Waals surface area contributed by atoms with E-state index in [0.717, 1.165) is 119 Å². The molecule has 9 rings (SSSR count). The van der Waals surface area contributed by atoms with E-state index in [-0.39, 0.29) is 92.2 Å². The third-order valence-corrected chi connectivity index (χ3v) is 14.8. The fraction of sp³-hybridized carbons (Fsp3) is 0.443. The van der Waals surface area contributed by atoms with Gasteiger partial charge in [0.1, 0.15) is 11.6 Å². The number of alkyl halides is 12. The van der Waals surface area contributed by atoms with Gasteiger partial charge in [0.15, 0.2) is 0 Å². The van der Waals surface area contributed by atoms with Gasteiger partial charge in [0.2, 0.25) is 0 Å². The number of aromatic nitrogens is 2. The standard InChI is InChI=1S/C18H22F3N3.C13H11BrF3N.C12H16F3N3.C7H5BrF3N.C6H10O2.C5H12N2.ClH.K.H3NO.H2O/c1-13-4-5-14(2)24(13)17-11-15(18(19,20)21)10-16(12-17)23-8-6-22(3)7-9-23;1-8-3-4-9(2)18(8)12-6-10(13(15,16)17)5-11(14)7-12;1-17-2-4-18(5-3-17)11-7-9(12(13,14)15)6-10(16)8-11;8-5-1-4(7(9,10)11)2-6(12)3-5;1-5(7)3-4-6(2)8;1-7-4-2-6-3-5-7;;;1-2;/h4-5,10-12H,6-9H2,1-3H3;3-7H,1-2H3;6-8H,2-5,16H2,1H3;1-3H,12H2;3-4H2,1-2H3;6H,2-5H2,1H3;1H;;2H,1H2;1H2/q;;;;;;;+1;;/p-1. The van der Waals surface area contributed by atoms with Crippen LogP contribution in [0, 0.1) is 27.7 Å². The SMILES string of the molecule is CC(=O)CCC(C)=O.CN1CCN(c2cc(N)cc(C(F)(F)F)c2)CC1.CN1CCNCC1.Cc1ccc(C)n1-c1cc(Br)cc(C(F)(F)F)c1.Cc1ccc(C)n1-c1cc(N2CCN(C)CC2)cc(C(F)(F)F)c1.Cl.NO.Nc1cc(Br)cc(C(F)(F)F)c1.[K+].[OH-].